The van der Waals surface area contributed by atoms with Gasteiger partial charge in [-0.1, -0.05) is 45.4 Å². The van der Waals surface area contributed by atoms with Crippen LogP contribution in [0, 0.1) is 0 Å². The van der Waals surface area contributed by atoms with Crippen LogP contribution in [-0.4, -0.2) is 61.3 Å². The highest BCUT2D eigenvalue weighted by Gasteiger charge is 2.45. The zero-order chi connectivity index (χ0) is 19.9. The molecule has 0 aliphatic carbocycles. The second-order valence-corrected chi connectivity index (χ2v) is 7.28. The molecule has 0 amide bonds. The largest absolute Gasteiger partial charge is 0.394 e. The maximum Gasteiger partial charge on any atom is 0.167 e. The number of nitrogens with zero attached hydrogens (tertiary/aromatic N) is 4. The van der Waals surface area contributed by atoms with Crippen LogP contribution in [0.1, 0.15) is 58.1 Å². The molecule has 0 saturated carbocycles. The van der Waals surface area contributed by atoms with Gasteiger partial charge in [0.05, 0.1) is 12.9 Å². The summed E-state index contributed by atoms with van der Waals surface area (Å²) >= 11 is 0. The summed E-state index contributed by atoms with van der Waals surface area (Å²) in [7, 11) is 0. The van der Waals surface area contributed by atoms with Crippen molar-refractivity contribution in [3.05, 3.63) is 12.7 Å². The molecule has 28 heavy (non-hydrogen) atoms. The van der Waals surface area contributed by atoms with Crippen LogP contribution in [-0.2, 0) is 9.47 Å². The van der Waals surface area contributed by atoms with Crippen molar-refractivity contribution in [2.45, 2.75) is 76.4 Å². The van der Waals surface area contributed by atoms with Crippen molar-refractivity contribution in [3.8, 4) is 0 Å². The number of aliphatic hydroxyl groups is 2. The lowest BCUT2D eigenvalue weighted by atomic mass is 10.1. The average molecular weight is 393 g/mol. The molecule has 1 aliphatic rings. The Kier molecular flexibility index (Phi) is 7.55. The zero-order valence-corrected chi connectivity index (χ0v) is 16.4. The summed E-state index contributed by atoms with van der Waals surface area (Å²) in [6.07, 6.45) is 8.28. The predicted molar refractivity (Wildman–Crippen MR) is 104 cm³/mol. The van der Waals surface area contributed by atoms with Crippen molar-refractivity contribution in [2.75, 3.05) is 18.9 Å². The van der Waals surface area contributed by atoms with E-state index in [1.165, 1.54) is 38.4 Å². The second kappa shape index (κ2) is 10.1. The normalized spacial score (nSPS) is 25.0. The maximum absolute atomic E-state index is 10.5. The Bertz CT molecular complexity index is 740. The molecule has 9 heteroatoms. The molecule has 1 aliphatic heterocycles. The number of hydrogen-bond donors (Lipinski definition) is 3. The monoisotopic (exact) mass is 393 g/mol. The highest BCUT2D eigenvalue weighted by molar-refractivity contribution is 5.81. The summed E-state index contributed by atoms with van der Waals surface area (Å²) < 4.78 is 13.5. The van der Waals surface area contributed by atoms with Crippen LogP contribution in [0.15, 0.2) is 12.7 Å². The third-order valence-corrected chi connectivity index (χ3v) is 5.21. The van der Waals surface area contributed by atoms with Gasteiger partial charge in [-0.15, -0.1) is 0 Å². The fourth-order valence-electron chi connectivity index (χ4n) is 3.61. The van der Waals surface area contributed by atoms with Crippen LogP contribution < -0.4 is 5.73 Å². The van der Waals surface area contributed by atoms with Gasteiger partial charge in [0.25, 0.3) is 0 Å². The Hall–Kier alpha value is -1.81. The number of unbranched alkanes of at least 4 members (excludes halogenated alkanes) is 6. The molecular weight excluding hydrogens is 362 g/mol. The number of nitrogen functional groups attached to an aromatic ring is 1. The number of ether oxygens (including phenoxy) is 2. The third-order valence-electron chi connectivity index (χ3n) is 5.21. The number of anilines is 1. The van der Waals surface area contributed by atoms with Crippen molar-refractivity contribution in [3.63, 3.8) is 0 Å². The SMILES string of the molecule is CCCCCCCCCOC1C(O)[C@@H](CO)O[C@H]1n1cnc2c(N)ncnc21. The number of hydrogen-bond acceptors (Lipinski definition) is 8. The maximum atomic E-state index is 10.5. The molecule has 3 heterocycles. The van der Waals surface area contributed by atoms with Crippen molar-refractivity contribution < 1.29 is 19.7 Å². The van der Waals surface area contributed by atoms with E-state index in [9.17, 15) is 10.2 Å². The molecular formula is C19H31N5O4. The van der Waals surface area contributed by atoms with E-state index in [4.69, 9.17) is 15.2 Å². The van der Waals surface area contributed by atoms with E-state index in [2.05, 4.69) is 21.9 Å². The average Bonchev–Trinajstić information content (AvgIpc) is 3.26. The zero-order valence-electron chi connectivity index (χ0n) is 16.4. The van der Waals surface area contributed by atoms with E-state index in [1.807, 2.05) is 0 Å². The molecule has 0 radical (unpaired) electrons. The van der Waals surface area contributed by atoms with E-state index < -0.39 is 24.5 Å². The van der Waals surface area contributed by atoms with Gasteiger partial charge in [0.1, 0.15) is 30.2 Å². The molecule has 3 rings (SSSR count). The highest BCUT2D eigenvalue weighted by Crippen LogP contribution is 2.34. The van der Waals surface area contributed by atoms with E-state index in [0.29, 0.717) is 17.8 Å². The summed E-state index contributed by atoms with van der Waals surface area (Å²) in [5, 5.41) is 20.1. The Labute approximate surface area is 164 Å². The van der Waals surface area contributed by atoms with Gasteiger partial charge < -0.3 is 25.4 Å². The quantitative estimate of drug-likeness (QED) is 0.493. The van der Waals surface area contributed by atoms with Crippen LogP contribution in [0.3, 0.4) is 0 Å². The second-order valence-electron chi connectivity index (χ2n) is 7.28. The number of fused-ring (bicyclic) bond motifs is 1. The molecule has 2 aromatic rings. The number of nitrogens with two attached hydrogens (primary N) is 1. The Morgan fingerprint density at radius 2 is 1.89 bits per heavy atom. The minimum Gasteiger partial charge on any atom is -0.394 e. The smallest absolute Gasteiger partial charge is 0.167 e. The molecule has 1 saturated heterocycles. The van der Waals surface area contributed by atoms with Crippen molar-refractivity contribution in [1.29, 1.82) is 0 Å². The van der Waals surface area contributed by atoms with Crippen LogP contribution >= 0.6 is 0 Å². The lowest BCUT2D eigenvalue weighted by molar-refractivity contribution is -0.0711. The summed E-state index contributed by atoms with van der Waals surface area (Å²) in [6, 6.07) is 0. The molecule has 2 aromatic heterocycles. The molecule has 9 nitrogen and oxygen atoms in total. The first kappa shape index (κ1) is 20.9. The van der Waals surface area contributed by atoms with Gasteiger partial charge in [-0.3, -0.25) is 4.57 Å². The van der Waals surface area contributed by atoms with Gasteiger partial charge in [0.15, 0.2) is 17.7 Å². The van der Waals surface area contributed by atoms with Gasteiger partial charge in [-0.2, -0.15) is 0 Å². The van der Waals surface area contributed by atoms with Crippen LogP contribution in [0.2, 0.25) is 0 Å². The minimum atomic E-state index is -0.934. The van der Waals surface area contributed by atoms with Gasteiger partial charge in [0, 0.05) is 6.61 Å². The number of aliphatic hydroxyl groups excluding tert-OH is 2. The van der Waals surface area contributed by atoms with Gasteiger partial charge in [-0.25, -0.2) is 15.0 Å². The fraction of sp³-hybridized carbons (Fsp3) is 0.737. The molecule has 156 valence electrons. The van der Waals surface area contributed by atoms with Crippen LogP contribution in [0.5, 0.6) is 0 Å². The minimum absolute atomic E-state index is 0.279. The molecule has 1 fully saturated rings. The topological polar surface area (TPSA) is 129 Å². The van der Waals surface area contributed by atoms with Gasteiger partial charge in [0.2, 0.25) is 0 Å². The lowest BCUT2D eigenvalue weighted by Crippen LogP contribution is -2.35. The lowest BCUT2D eigenvalue weighted by Gasteiger charge is -2.22. The standard InChI is InChI=1S/C19H31N5O4/c1-2-3-4-5-6-7-8-9-27-16-15(26)13(10-25)28-19(16)24-12-23-14-17(20)21-11-22-18(14)24/h11-13,15-16,19,25-26H,2-10H2,1H3,(H2,20,21,22)/t13-,15?,16?,19-/m1/s1. The summed E-state index contributed by atoms with van der Waals surface area (Å²) in [5.41, 5.74) is 6.83. The number of rotatable bonds is 11. The van der Waals surface area contributed by atoms with Crippen LogP contribution in [0.25, 0.3) is 11.2 Å². The summed E-state index contributed by atoms with van der Waals surface area (Å²) in [4.78, 5) is 12.4. The Balaban J connectivity index is 1.61. The Morgan fingerprint density at radius 1 is 1.14 bits per heavy atom. The van der Waals surface area contributed by atoms with E-state index in [-0.39, 0.29) is 12.4 Å². The van der Waals surface area contributed by atoms with E-state index in [1.54, 1.807) is 10.9 Å². The first-order chi connectivity index (χ1) is 13.7. The van der Waals surface area contributed by atoms with Gasteiger partial charge >= 0.3 is 0 Å². The highest BCUT2D eigenvalue weighted by atomic mass is 16.6. The predicted octanol–water partition coefficient (Wildman–Crippen LogP) is 1.79. The van der Waals surface area contributed by atoms with Gasteiger partial charge in [-0.05, 0) is 6.42 Å². The van der Waals surface area contributed by atoms with Crippen molar-refractivity contribution in [1.82, 2.24) is 19.5 Å². The fourth-order valence-corrected chi connectivity index (χ4v) is 3.61. The first-order valence-electron chi connectivity index (χ1n) is 10.2. The number of imidazole rings is 1. The molecule has 0 aromatic carbocycles. The van der Waals surface area contributed by atoms with Crippen molar-refractivity contribution in [2.24, 2.45) is 0 Å². The summed E-state index contributed by atoms with van der Waals surface area (Å²) in [5.74, 6) is 0.279. The van der Waals surface area contributed by atoms with E-state index in [0.717, 1.165) is 12.8 Å². The van der Waals surface area contributed by atoms with Crippen LogP contribution in [0.4, 0.5) is 5.82 Å². The molecule has 2 unspecified atom stereocenters. The molecule has 4 atom stereocenters. The summed E-state index contributed by atoms with van der Waals surface area (Å²) in [6.45, 7) is 2.44. The Morgan fingerprint density at radius 3 is 2.64 bits per heavy atom. The van der Waals surface area contributed by atoms with Crippen molar-refractivity contribution >= 4 is 17.0 Å². The first-order valence-corrected chi connectivity index (χ1v) is 10.2. The van der Waals surface area contributed by atoms with E-state index >= 15 is 0 Å². The third kappa shape index (κ3) is 4.60. The molecule has 4 N–H and O–H groups in total. The number of aromatic nitrogens is 4. The molecule has 0 spiro atoms. The molecule has 0 bridgehead atoms.